The van der Waals surface area contributed by atoms with Crippen LogP contribution in [0.2, 0.25) is 0 Å². The predicted octanol–water partition coefficient (Wildman–Crippen LogP) is 1.52. The van der Waals surface area contributed by atoms with Crippen LogP contribution in [-0.2, 0) is 11.3 Å². The molecule has 0 aliphatic heterocycles. The van der Waals surface area contributed by atoms with Gasteiger partial charge < -0.3 is 11.1 Å². The first-order valence-corrected chi connectivity index (χ1v) is 6.80. The molecule has 0 heterocycles. The average molecular weight is 256 g/mol. The SMILES string of the molecule is CSCC[C@H](N)C(=O)NCc1ccccc1F. The molecule has 1 amide bonds. The standard InChI is InChI=1S/C12H17FN2OS/c1-17-7-6-11(14)12(16)15-8-9-4-2-3-5-10(9)13/h2-5,11H,6-8,14H2,1H3,(H,15,16)/t11-/m0/s1. The van der Waals surface area contributed by atoms with E-state index in [0.29, 0.717) is 12.0 Å². The van der Waals surface area contributed by atoms with Crippen molar-refractivity contribution < 1.29 is 9.18 Å². The number of benzene rings is 1. The molecule has 1 aromatic rings. The maximum atomic E-state index is 13.3. The molecule has 3 nitrogen and oxygen atoms in total. The summed E-state index contributed by atoms with van der Waals surface area (Å²) in [7, 11) is 0. The molecule has 0 aromatic heterocycles. The number of amides is 1. The average Bonchev–Trinajstić information content (AvgIpc) is 2.34. The van der Waals surface area contributed by atoms with E-state index in [2.05, 4.69) is 5.32 Å². The summed E-state index contributed by atoms with van der Waals surface area (Å²) in [6.07, 6.45) is 2.59. The normalized spacial score (nSPS) is 12.2. The Bertz CT molecular complexity index is 373. The quantitative estimate of drug-likeness (QED) is 0.811. The van der Waals surface area contributed by atoms with Gasteiger partial charge in [0, 0.05) is 12.1 Å². The zero-order valence-electron chi connectivity index (χ0n) is 9.78. The number of nitrogens with two attached hydrogens (primary N) is 1. The minimum Gasteiger partial charge on any atom is -0.351 e. The second-order valence-electron chi connectivity index (χ2n) is 3.70. The van der Waals surface area contributed by atoms with Crippen molar-refractivity contribution in [2.24, 2.45) is 5.73 Å². The van der Waals surface area contributed by atoms with Crippen LogP contribution in [0.25, 0.3) is 0 Å². The highest BCUT2D eigenvalue weighted by Crippen LogP contribution is 2.06. The Morgan fingerprint density at radius 2 is 2.24 bits per heavy atom. The number of halogens is 1. The van der Waals surface area contributed by atoms with Gasteiger partial charge in [-0.15, -0.1) is 0 Å². The molecular formula is C12H17FN2OS. The molecule has 1 rings (SSSR count). The Labute approximate surface area is 105 Å². The molecule has 17 heavy (non-hydrogen) atoms. The smallest absolute Gasteiger partial charge is 0.237 e. The Morgan fingerprint density at radius 1 is 1.53 bits per heavy atom. The summed E-state index contributed by atoms with van der Waals surface area (Å²) in [5.41, 5.74) is 6.16. The molecule has 0 fully saturated rings. The van der Waals surface area contributed by atoms with E-state index in [4.69, 9.17) is 5.73 Å². The van der Waals surface area contributed by atoms with Crippen molar-refractivity contribution in [1.29, 1.82) is 0 Å². The maximum absolute atomic E-state index is 13.3. The zero-order chi connectivity index (χ0) is 12.7. The largest absolute Gasteiger partial charge is 0.351 e. The fraction of sp³-hybridized carbons (Fsp3) is 0.417. The van der Waals surface area contributed by atoms with Gasteiger partial charge in [0.1, 0.15) is 5.82 Å². The van der Waals surface area contributed by atoms with Crippen molar-refractivity contribution in [1.82, 2.24) is 5.32 Å². The molecule has 0 aliphatic rings. The van der Waals surface area contributed by atoms with Gasteiger partial charge in [0.05, 0.1) is 6.04 Å². The molecule has 3 N–H and O–H groups in total. The van der Waals surface area contributed by atoms with E-state index in [9.17, 15) is 9.18 Å². The van der Waals surface area contributed by atoms with E-state index in [1.807, 2.05) is 6.26 Å². The number of thioether (sulfide) groups is 1. The van der Waals surface area contributed by atoms with Gasteiger partial charge in [-0.25, -0.2) is 4.39 Å². The van der Waals surface area contributed by atoms with Crippen LogP contribution < -0.4 is 11.1 Å². The molecule has 0 bridgehead atoms. The lowest BCUT2D eigenvalue weighted by molar-refractivity contribution is -0.122. The van der Waals surface area contributed by atoms with Crippen LogP contribution in [-0.4, -0.2) is 24.0 Å². The summed E-state index contributed by atoms with van der Waals surface area (Å²) in [6, 6.07) is 5.84. The third kappa shape index (κ3) is 4.75. The molecule has 0 saturated heterocycles. The topological polar surface area (TPSA) is 55.1 Å². The summed E-state index contributed by atoms with van der Waals surface area (Å²) >= 11 is 1.64. The predicted molar refractivity (Wildman–Crippen MR) is 69.2 cm³/mol. The Kier molecular flexibility index (Phi) is 6.00. The van der Waals surface area contributed by atoms with Crippen LogP contribution in [0.3, 0.4) is 0 Å². The van der Waals surface area contributed by atoms with Crippen molar-refractivity contribution in [3.8, 4) is 0 Å². The third-order valence-electron chi connectivity index (χ3n) is 2.38. The van der Waals surface area contributed by atoms with E-state index >= 15 is 0 Å². The molecule has 0 radical (unpaired) electrons. The number of carbonyl (C=O) groups is 1. The Morgan fingerprint density at radius 3 is 2.88 bits per heavy atom. The highest BCUT2D eigenvalue weighted by atomic mass is 32.2. The summed E-state index contributed by atoms with van der Waals surface area (Å²) < 4.78 is 13.3. The Hall–Kier alpha value is -1.07. The number of hydrogen-bond acceptors (Lipinski definition) is 3. The highest BCUT2D eigenvalue weighted by molar-refractivity contribution is 7.98. The van der Waals surface area contributed by atoms with Crippen LogP contribution in [0.1, 0.15) is 12.0 Å². The number of nitrogens with one attached hydrogen (secondary N) is 1. The van der Waals surface area contributed by atoms with Crippen LogP contribution in [0.5, 0.6) is 0 Å². The van der Waals surface area contributed by atoms with Crippen molar-refractivity contribution >= 4 is 17.7 Å². The molecule has 0 saturated carbocycles. The lowest BCUT2D eigenvalue weighted by Crippen LogP contribution is -2.40. The number of hydrogen-bond donors (Lipinski definition) is 2. The first-order chi connectivity index (χ1) is 8.15. The van der Waals surface area contributed by atoms with Gasteiger partial charge in [0.15, 0.2) is 0 Å². The molecule has 0 spiro atoms. The lowest BCUT2D eigenvalue weighted by Gasteiger charge is -2.11. The van der Waals surface area contributed by atoms with Gasteiger partial charge in [-0.3, -0.25) is 4.79 Å². The van der Waals surface area contributed by atoms with Crippen molar-refractivity contribution in [2.75, 3.05) is 12.0 Å². The number of rotatable bonds is 6. The van der Waals surface area contributed by atoms with E-state index in [1.54, 1.807) is 30.0 Å². The second kappa shape index (κ2) is 7.29. The van der Waals surface area contributed by atoms with Crippen molar-refractivity contribution in [3.05, 3.63) is 35.6 Å². The summed E-state index contributed by atoms with van der Waals surface area (Å²) in [4.78, 5) is 11.6. The molecule has 0 unspecified atom stereocenters. The van der Waals surface area contributed by atoms with Crippen LogP contribution >= 0.6 is 11.8 Å². The van der Waals surface area contributed by atoms with Crippen LogP contribution in [0, 0.1) is 5.82 Å². The maximum Gasteiger partial charge on any atom is 0.237 e. The van der Waals surface area contributed by atoms with Crippen molar-refractivity contribution in [2.45, 2.75) is 19.0 Å². The first-order valence-electron chi connectivity index (χ1n) is 5.40. The highest BCUT2D eigenvalue weighted by Gasteiger charge is 2.12. The fourth-order valence-electron chi connectivity index (χ4n) is 1.33. The summed E-state index contributed by atoms with van der Waals surface area (Å²) in [5.74, 6) is 0.293. The van der Waals surface area contributed by atoms with Gasteiger partial charge in [0.2, 0.25) is 5.91 Å². The van der Waals surface area contributed by atoms with E-state index in [0.717, 1.165) is 5.75 Å². The zero-order valence-corrected chi connectivity index (χ0v) is 10.6. The molecule has 5 heteroatoms. The van der Waals surface area contributed by atoms with Crippen LogP contribution in [0.15, 0.2) is 24.3 Å². The lowest BCUT2D eigenvalue weighted by atomic mass is 10.2. The molecule has 94 valence electrons. The van der Waals surface area contributed by atoms with Gasteiger partial charge in [-0.05, 0) is 24.5 Å². The first kappa shape index (κ1) is 14.0. The molecule has 0 aliphatic carbocycles. The van der Waals surface area contributed by atoms with Crippen molar-refractivity contribution in [3.63, 3.8) is 0 Å². The fourth-order valence-corrected chi connectivity index (χ4v) is 1.82. The summed E-state index contributed by atoms with van der Waals surface area (Å²) in [5, 5.41) is 2.64. The second-order valence-corrected chi connectivity index (χ2v) is 4.68. The molecule has 1 atom stereocenters. The summed E-state index contributed by atoms with van der Waals surface area (Å²) in [6.45, 7) is 0.179. The van der Waals surface area contributed by atoms with E-state index in [-0.39, 0.29) is 18.3 Å². The third-order valence-corrected chi connectivity index (χ3v) is 3.02. The van der Waals surface area contributed by atoms with E-state index < -0.39 is 6.04 Å². The minimum atomic E-state index is -0.519. The van der Waals surface area contributed by atoms with Gasteiger partial charge in [0.25, 0.3) is 0 Å². The van der Waals surface area contributed by atoms with Gasteiger partial charge in [-0.2, -0.15) is 11.8 Å². The molecule has 1 aromatic carbocycles. The van der Waals surface area contributed by atoms with Crippen LogP contribution in [0.4, 0.5) is 4.39 Å². The number of carbonyl (C=O) groups excluding carboxylic acids is 1. The minimum absolute atomic E-state index is 0.179. The van der Waals surface area contributed by atoms with Gasteiger partial charge >= 0.3 is 0 Å². The monoisotopic (exact) mass is 256 g/mol. The van der Waals surface area contributed by atoms with Gasteiger partial charge in [-0.1, -0.05) is 18.2 Å². The van der Waals surface area contributed by atoms with E-state index in [1.165, 1.54) is 6.07 Å². The Balaban J connectivity index is 2.40. The molecular weight excluding hydrogens is 239 g/mol.